The highest BCUT2D eigenvalue weighted by atomic mass is 16.5. The third-order valence-electron chi connectivity index (χ3n) is 4.86. The maximum absolute atomic E-state index is 9.36. The topological polar surface area (TPSA) is 38.7 Å². The van der Waals surface area contributed by atoms with Gasteiger partial charge in [0.15, 0.2) is 0 Å². The monoisotopic (exact) mass is 354 g/mol. The van der Waals surface area contributed by atoms with Crippen LogP contribution in [-0.4, -0.2) is 17.3 Å². The summed E-state index contributed by atoms with van der Waals surface area (Å²) in [5.74, 6) is 2.29. The molecule has 0 unspecified atom stereocenters. The van der Waals surface area contributed by atoms with Crippen LogP contribution in [0.1, 0.15) is 62.3 Å². The maximum atomic E-state index is 9.36. The fourth-order valence-electron chi connectivity index (χ4n) is 3.79. The number of fused-ring (bicyclic) bond motifs is 1. The van der Waals surface area contributed by atoms with Crippen LogP contribution in [0.2, 0.25) is 0 Å². The molecular formula is C23H30O3. The summed E-state index contributed by atoms with van der Waals surface area (Å²) in [6.07, 6.45) is 2.43. The first-order chi connectivity index (χ1) is 12.4. The molecular weight excluding hydrogens is 324 g/mol. The van der Waals surface area contributed by atoms with Gasteiger partial charge in [0.25, 0.3) is 0 Å². The fourth-order valence-corrected chi connectivity index (χ4v) is 3.79. The van der Waals surface area contributed by atoms with Crippen LogP contribution < -0.4 is 9.47 Å². The zero-order valence-electron chi connectivity index (χ0n) is 16.3. The molecule has 2 aromatic carbocycles. The van der Waals surface area contributed by atoms with Crippen LogP contribution in [0.5, 0.6) is 11.5 Å². The minimum Gasteiger partial charge on any atom is -0.489 e. The molecule has 3 rings (SSSR count). The highest BCUT2D eigenvalue weighted by Crippen LogP contribution is 2.45. The van der Waals surface area contributed by atoms with Gasteiger partial charge in [0.05, 0.1) is 0 Å². The van der Waals surface area contributed by atoms with E-state index in [1.165, 1.54) is 16.7 Å². The van der Waals surface area contributed by atoms with E-state index in [1.54, 1.807) is 0 Å². The lowest BCUT2D eigenvalue weighted by Crippen LogP contribution is -2.25. The molecule has 1 aliphatic heterocycles. The molecule has 0 saturated carbocycles. The number of ether oxygens (including phenoxy) is 2. The van der Waals surface area contributed by atoms with Crippen LogP contribution in [0, 0.1) is 0 Å². The average molecular weight is 354 g/mol. The predicted molar refractivity (Wildman–Crippen MR) is 105 cm³/mol. The largest absolute Gasteiger partial charge is 0.489 e. The quantitative estimate of drug-likeness (QED) is 0.758. The van der Waals surface area contributed by atoms with E-state index in [4.69, 9.17) is 9.47 Å². The molecule has 0 amide bonds. The Balaban J connectivity index is 2.00. The fraction of sp³-hybridized carbons (Fsp3) is 0.478. The molecule has 3 nitrogen and oxygen atoms in total. The lowest BCUT2D eigenvalue weighted by molar-refractivity contribution is 0.137. The van der Waals surface area contributed by atoms with Gasteiger partial charge in [-0.2, -0.15) is 0 Å². The zero-order valence-corrected chi connectivity index (χ0v) is 16.3. The minimum atomic E-state index is -0.192. The second-order valence-electron chi connectivity index (χ2n) is 8.05. The molecule has 1 N–H and O–H groups in total. The van der Waals surface area contributed by atoms with Crippen molar-refractivity contribution in [2.24, 2.45) is 0 Å². The number of hydrogen-bond acceptors (Lipinski definition) is 3. The van der Waals surface area contributed by atoms with Crippen LogP contribution in [0.4, 0.5) is 0 Å². The number of aliphatic hydroxyl groups excluding tert-OH is 1. The summed E-state index contributed by atoms with van der Waals surface area (Å²) < 4.78 is 12.6. The van der Waals surface area contributed by atoms with Crippen molar-refractivity contribution in [1.29, 1.82) is 0 Å². The van der Waals surface area contributed by atoms with Gasteiger partial charge < -0.3 is 14.6 Å². The van der Waals surface area contributed by atoms with Crippen LogP contribution >= 0.6 is 0 Å². The van der Waals surface area contributed by atoms with E-state index in [2.05, 4.69) is 45.9 Å². The number of rotatable bonds is 7. The van der Waals surface area contributed by atoms with E-state index in [9.17, 15) is 5.11 Å². The third-order valence-corrected chi connectivity index (χ3v) is 4.86. The summed E-state index contributed by atoms with van der Waals surface area (Å²) in [6, 6.07) is 12.4. The molecule has 0 radical (unpaired) electrons. The van der Waals surface area contributed by atoms with Gasteiger partial charge in [-0.05, 0) is 44.2 Å². The van der Waals surface area contributed by atoms with E-state index in [1.807, 2.05) is 18.2 Å². The lowest BCUT2D eigenvalue weighted by Gasteiger charge is -2.23. The standard InChI is InChI=1S/C23H30O3/c1-16(2)21-19(11-8-12-24)22-18(14-23(3,4)26-22)13-20(21)25-15-17-9-6-5-7-10-17/h5-7,9-10,13,16,24H,8,11-12,14-15H2,1-4H3. The molecule has 0 spiro atoms. The number of aliphatic hydroxyl groups is 1. The zero-order chi connectivity index (χ0) is 18.7. The summed E-state index contributed by atoms with van der Waals surface area (Å²) in [5.41, 5.74) is 4.61. The first-order valence-corrected chi connectivity index (χ1v) is 9.56. The Morgan fingerprint density at radius 1 is 1.19 bits per heavy atom. The van der Waals surface area contributed by atoms with Gasteiger partial charge in [-0.25, -0.2) is 0 Å². The average Bonchev–Trinajstić information content (AvgIpc) is 2.91. The smallest absolute Gasteiger partial charge is 0.127 e. The molecule has 0 atom stereocenters. The summed E-state index contributed by atoms with van der Waals surface area (Å²) in [6.45, 7) is 9.39. The Morgan fingerprint density at radius 3 is 2.58 bits per heavy atom. The van der Waals surface area contributed by atoms with E-state index in [0.717, 1.165) is 36.3 Å². The SMILES string of the molecule is CC(C)c1c(OCc2ccccc2)cc2c(c1CCCO)OC(C)(C)C2. The van der Waals surface area contributed by atoms with Crippen molar-refractivity contribution in [1.82, 2.24) is 0 Å². The molecule has 1 aliphatic rings. The molecule has 26 heavy (non-hydrogen) atoms. The van der Waals surface area contributed by atoms with Gasteiger partial charge in [0.2, 0.25) is 0 Å². The Hall–Kier alpha value is -2.00. The maximum Gasteiger partial charge on any atom is 0.127 e. The Labute approximate surface area is 157 Å². The van der Waals surface area contributed by atoms with Crippen LogP contribution in [0.3, 0.4) is 0 Å². The van der Waals surface area contributed by atoms with E-state index < -0.39 is 0 Å². The lowest BCUT2D eigenvalue weighted by atomic mass is 9.89. The molecule has 0 aliphatic carbocycles. The molecule has 1 heterocycles. The molecule has 3 heteroatoms. The second-order valence-corrected chi connectivity index (χ2v) is 8.05. The Bertz CT molecular complexity index is 748. The van der Waals surface area contributed by atoms with Crippen LogP contribution in [-0.2, 0) is 19.4 Å². The first kappa shape index (κ1) is 18.8. The third kappa shape index (κ3) is 4.04. The molecule has 140 valence electrons. The van der Waals surface area contributed by atoms with Crippen molar-refractivity contribution in [3.05, 3.63) is 58.7 Å². The highest BCUT2D eigenvalue weighted by molar-refractivity contribution is 5.57. The van der Waals surface area contributed by atoms with Crippen LogP contribution in [0.25, 0.3) is 0 Å². The minimum absolute atomic E-state index is 0.185. The van der Waals surface area contributed by atoms with Crippen molar-refractivity contribution in [3.63, 3.8) is 0 Å². The molecule has 0 saturated heterocycles. The van der Waals surface area contributed by atoms with Gasteiger partial charge in [-0.1, -0.05) is 44.2 Å². The predicted octanol–water partition coefficient (Wildman–Crippen LogP) is 5.03. The Morgan fingerprint density at radius 2 is 1.92 bits per heavy atom. The summed E-state index contributed by atoms with van der Waals surface area (Å²) in [7, 11) is 0. The van der Waals surface area contributed by atoms with E-state index >= 15 is 0 Å². The molecule has 0 fully saturated rings. The van der Waals surface area contributed by atoms with Crippen molar-refractivity contribution in [2.45, 2.75) is 65.1 Å². The number of benzene rings is 2. The Kier molecular flexibility index (Phi) is 5.57. The van der Waals surface area contributed by atoms with Gasteiger partial charge in [-0.3, -0.25) is 0 Å². The molecule has 0 bridgehead atoms. The van der Waals surface area contributed by atoms with Crippen LogP contribution in [0.15, 0.2) is 36.4 Å². The normalized spacial score (nSPS) is 15.0. The van der Waals surface area contributed by atoms with Gasteiger partial charge in [0, 0.05) is 29.7 Å². The van der Waals surface area contributed by atoms with Crippen molar-refractivity contribution in [3.8, 4) is 11.5 Å². The highest BCUT2D eigenvalue weighted by Gasteiger charge is 2.34. The van der Waals surface area contributed by atoms with Gasteiger partial charge in [-0.15, -0.1) is 0 Å². The number of hydrogen-bond donors (Lipinski definition) is 1. The van der Waals surface area contributed by atoms with E-state index in [-0.39, 0.29) is 12.2 Å². The molecule has 0 aromatic heterocycles. The summed E-state index contributed by atoms with van der Waals surface area (Å²) in [4.78, 5) is 0. The van der Waals surface area contributed by atoms with E-state index in [0.29, 0.717) is 12.5 Å². The van der Waals surface area contributed by atoms with Crippen molar-refractivity contribution >= 4 is 0 Å². The van der Waals surface area contributed by atoms with Crippen molar-refractivity contribution < 1.29 is 14.6 Å². The van der Waals surface area contributed by atoms with Crippen molar-refractivity contribution in [2.75, 3.05) is 6.61 Å². The van der Waals surface area contributed by atoms with Gasteiger partial charge in [0.1, 0.15) is 23.7 Å². The van der Waals surface area contributed by atoms with Gasteiger partial charge >= 0.3 is 0 Å². The first-order valence-electron chi connectivity index (χ1n) is 9.56. The summed E-state index contributed by atoms with van der Waals surface area (Å²) in [5, 5.41) is 9.36. The summed E-state index contributed by atoms with van der Waals surface area (Å²) >= 11 is 0. The molecule has 2 aromatic rings. The second kappa shape index (κ2) is 7.71.